The lowest BCUT2D eigenvalue weighted by atomic mass is 9.91. The Labute approximate surface area is 357 Å². The molecule has 2 amide bonds. The molecule has 3 fully saturated rings. The first kappa shape index (κ1) is 45.6. The van der Waals surface area contributed by atoms with Gasteiger partial charge in [0.15, 0.2) is 23.2 Å². The average molecular weight is 894 g/mol. The van der Waals surface area contributed by atoms with E-state index in [9.17, 15) is 51.3 Å². The smallest absolute Gasteiger partial charge is 0.394 e. The van der Waals surface area contributed by atoms with Crippen LogP contribution in [0.15, 0.2) is 43.0 Å². The molecular weight excluding hydrogens is 844 g/mol. The zero-order valence-corrected chi connectivity index (χ0v) is 34.0. The first-order chi connectivity index (χ1) is 30.1. The molecule has 4 aromatic rings. The number of benzene rings is 1. The lowest BCUT2D eigenvalue weighted by Gasteiger charge is -2.34. The maximum atomic E-state index is 14.1. The molecule has 1 aromatic carbocycles. The Morgan fingerprint density at radius 1 is 0.857 bits per heavy atom. The van der Waals surface area contributed by atoms with E-state index in [-0.39, 0.29) is 49.4 Å². The first-order valence-electron chi connectivity index (χ1n) is 20.8. The fraction of sp³-hybridized carbons (Fsp3) is 0.575. The van der Waals surface area contributed by atoms with Crippen molar-refractivity contribution >= 4 is 40.4 Å². The van der Waals surface area contributed by atoms with Crippen molar-refractivity contribution in [1.82, 2.24) is 40.1 Å². The molecule has 0 saturated carbocycles. The number of anilines is 3. The third-order valence-corrected chi connectivity index (χ3v) is 11.6. The second-order valence-electron chi connectivity index (χ2n) is 15.9. The van der Waals surface area contributed by atoms with Crippen molar-refractivity contribution in [1.29, 1.82) is 0 Å². The number of carbonyl (C=O) groups excluding carboxylic acids is 2. The number of rotatable bonds is 16. The number of carbonyl (C=O) groups is 2. The number of halogens is 6. The van der Waals surface area contributed by atoms with Crippen molar-refractivity contribution in [3.63, 3.8) is 0 Å². The van der Waals surface area contributed by atoms with E-state index in [0.29, 0.717) is 80.8 Å². The van der Waals surface area contributed by atoms with Gasteiger partial charge in [-0.15, -0.1) is 0 Å². The summed E-state index contributed by atoms with van der Waals surface area (Å²) in [5, 5.41) is 38.7. The Bertz CT molecular complexity index is 2190. The lowest BCUT2D eigenvalue weighted by molar-refractivity contribution is -0.144. The van der Waals surface area contributed by atoms with Crippen LogP contribution in [0, 0.1) is 5.92 Å². The summed E-state index contributed by atoms with van der Waals surface area (Å²) in [5.74, 6) is -1.11. The number of aliphatic hydroxyl groups excluding tert-OH is 3. The van der Waals surface area contributed by atoms with E-state index in [1.54, 1.807) is 9.80 Å². The molecule has 342 valence electrons. The topological polar surface area (TPSA) is 216 Å². The zero-order chi connectivity index (χ0) is 44.9. The van der Waals surface area contributed by atoms with E-state index in [4.69, 9.17) is 4.74 Å². The number of hydrogen-bond acceptors (Lipinski definition) is 14. The highest BCUT2D eigenvalue weighted by atomic mass is 19.4. The van der Waals surface area contributed by atoms with E-state index in [1.807, 2.05) is 0 Å². The van der Waals surface area contributed by atoms with E-state index in [2.05, 4.69) is 40.9 Å². The van der Waals surface area contributed by atoms with Crippen molar-refractivity contribution in [2.45, 2.75) is 94.3 Å². The molecule has 0 bridgehead atoms. The number of aliphatic hydroxyl groups is 3. The minimum Gasteiger partial charge on any atom is -0.394 e. The number of imidazole rings is 1. The Balaban J connectivity index is 0.849. The molecule has 3 aliphatic heterocycles. The van der Waals surface area contributed by atoms with Gasteiger partial charge in [0, 0.05) is 51.8 Å². The summed E-state index contributed by atoms with van der Waals surface area (Å²) >= 11 is 0. The number of nitrogens with one attached hydrogen (secondary N) is 3. The summed E-state index contributed by atoms with van der Waals surface area (Å²) in [6.45, 7) is 1.45. The van der Waals surface area contributed by atoms with Crippen molar-refractivity contribution in [2.24, 2.45) is 5.92 Å². The number of ether oxygens (including phenoxy) is 1. The summed E-state index contributed by atoms with van der Waals surface area (Å²) in [5.41, 5.74) is 0.527. The molecule has 3 aromatic heterocycles. The molecule has 6 N–H and O–H groups in total. The minimum absolute atomic E-state index is 0.00794. The molecule has 6 heterocycles. The average Bonchev–Trinajstić information content (AvgIpc) is 4.00. The maximum Gasteiger partial charge on any atom is 0.451 e. The van der Waals surface area contributed by atoms with E-state index in [0.717, 1.165) is 18.6 Å². The highest BCUT2D eigenvalue weighted by molar-refractivity contribution is 5.86. The summed E-state index contributed by atoms with van der Waals surface area (Å²) in [4.78, 5) is 49.7. The van der Waals surface area contributed by atoms with E-state index < -0.39 is 66.8 Å². The normalized spacial score (nSPS) is 22.2. The van der Waals surface area contributed by atoms with Gasteiger partial charge in [-0.1, -0.05) is 12.1 Å². The lowest BCUT2D eigenvalue weighted by Crippen LogP contribution is -2.44. The van der Waals surface area contributed by atoms with Crippen LogP contribution >= 0.6 is 0 Å². The molecule has 17 nitrogen and oxygen atoms in total. The van der Waals surface area contributed by atoms with Crippen LogP contribution in [-0.2, 0) is 33.1 Å². The molecule has 3 saturated heterocycles. The molecule has 3 aliphatic rings. The van der Waals surface area contributed by atoms with Gasteiger partial charge in [0.1, 0.15) is 42.3 Å². The zero-order valence-electron chi connectivity index (χ0n) is 34.0. The van der Waals surface area contributed by atoms with Gasteiger partial charge in [-0.25, -0.2) is 24.9 Å². The molecule has 63 heavy (non-hydrogen) atoms. The van der Waals surface area contributed by atoms with Crippen LogP contribution in [0.5, 0.6) is 0 Å². The standard InChI is InChI=1S/C40H49F6N11O6/c41-39(42,43)25-8-6-24(7-9-25)10-13-49-36(62)26-4-2-16-56(26)29-19-28(53-38(54-29)40(44,45)46)55-17-11-23(12-18-55)3-1-5-30(59)47-14-15-48-34-31-35(51-21-50-34)57(22-52-31)37-33(61)32(60)27(20-58)63-37/h6-9,19,21-23,26-27,32-33,37,58,60-61H,1-5,10-18,20H2,(H,47,59)(H,49,62)(H,48,50,51)/t26-,27+,32?,33?,37+/m0/s1. The van der Waals surface area contributed by atoms with E-state index >= 15 is 0 Å². The first-order valence-corrected chi connectivity index (χ1v) is 20.8. The number of amides is 2. The van der Waals surface area contributed by atoms with Gasteiger partial charge in [-0.3, -0.25) is 14.2 Å². The van der Waals surface area contributed by atoms with Crippen molar-refractivity contribution in [3.05, 3.63) is 59.9 Å². The second-order valence-corrected chi connectivity index (χ2v) is 15.9. The van der Waals surface area contributed by atoms with Gasteiger partial charge in [0.05, 0.1) is 18.5 Å². The molecular formula is C40H49F6N11O6. The fourth-order valence-electron chi connectivity index (χ4n) is 8.23. The quantitative estimate of drug-likeness (QED) is 0.0704. The molecule has 5 atom stereocenters. The summed E-state index contributed by atoms with van der Waals surface area (Å²) in [7, 11) is 0. The third kappa shape index (κ3) is 10.9. The Morgan fingerprint density at radius 3 is 2.30 bits per heavy atom. The Kier molecular flexibility index (Phi) is 14.2. The molecule has 0 radical (unpaired) electrons. The second kappa shape index (κ2) is 19.6. The summed E-state index contributed by atoms with van der Waals surface area (Å²) in [6, 6.07) is 5.33. The van der Waals surface area contributed by atoms with Gasteiger partial charge >= 0.3 is 12.4 Å². The van der Waals surface area contributed by atoms with E-state index in [1.165, 1.54) is 35.4 Å². The van der Waals surface area contributed by atoms with Crippen LogP contribution in [0.25, 0.3) is 11.2 Å². The van der Waals surface area contributed by atoms with Crippen LogP contribution in [0.2, 0.25) is 0 Å². The van der Waals surface area contributed by atoms with Crippen molar-refractivity contribution in [3.8, 4) is 0 Å². The number of aromatic nitrogens is 6. The molecule has 0 aliphatic carbocycles. The van der Waals surface area contributed by atoms with Gasteiger partial charge in [-0.05, 0) is 68.6 Å². The van der Waals surface area contributed by atoms with Crippen molar-refractivity contribution in [2.75, 3.05) is 61.0 Å². The number of alkyl halides is 6. The van der Waals surface area contributed by atoms with Crippen molar-refractivity contribution < 1.29 is 56.0 Å². The fourth-order valence-corrected chi connectivity index (χ4v) is 8.23. The number of hydrogen-bond donors (Lipinski definition) is 6. The van der Waals surface area contributed by atoms with Gasteiger partial charge < -0.3 is 45.8 Å². The number of fused-ring (bicyclic) bond motifs is 1. The minimum atomic E-state index is -4.83. The van der Waals surface area contributed by atoms with Gasteiger partial charge in [0.25, 0.3) is 0 Å². The highest BCUT2D eigenvalue weighted by Crippen LogP contribution is 2.36. The molecule has 0 spiro atoms. The van der Waals surface area contributed by atoms with Crippen LogP contribution in [0.3, 0.4) is 0 Å². The predicted octanol–water partition coefficient (Wildman–Crippen LogP) is 3.21. The molecule has 2 unspecified atom stereocenters. The van der Waals surface area contributed by atoms with Crippen LogP contribution in [0.4, 0.5) is 43.8 Å². The Hall–Kier alpha value is -5.39. The molecule has 23 heteroatoms. The van der Waals surface area contributed by atoms with Crippen LogP contribution in [-0.4, -0.2) is 127 Å². The SMILES string of the molecule is O=C(CCCC1CCN(c2cc(N3CCC[C@H]3C(=O)NCCc3ccc(C(F)(F)F)cc3)nc(C(F)(F)F)n2)CC1)NCCNc1ncnc2c1ncn2[C@@H]1O[C@H](CO)C(O)C1O. The summed E-state index contributed by atoms with van der Waals surface area (Å²) in [6.07, 6.45) is -6.96. The monoisotopic (exact) mass is 893 g/mol. The third-order valence-electron chi connectivity index (χ3n) is 11.6. The number of piperidine rings is 1. The summed E-state index contributed by atoms with van der Waals surface area (Å²) < 4.78 is 88.0. The van der Waals surface area contributed by atoms with Gasteiger partial charge in [0.2, 0.25) is 17.6 Å². The number of nitrogens with zero attached hydrogens (tertiary/aromatic N) is 8. The predicted molar refractivity (Wildman–Crippen MR) is 214 cm³/mol. The largest absolute Gasteiger partial charge is 0.451 e. The molecule has 7 rings (SSSR count). The van der Waals surface area contributed by atoms with Gasteiger partial charge in [-0.2, -0.15) is 26.3 Å². The maximum absolute atomic E-state index is 14.1. The highest BCUT2D eigenvalue weighted by Gasteiger charge is 2.44. The Morgan fingerprint density at radius 2 is 1.60 bits per heavy atom. The van der Waals surface area contributed by atoms with Crippen LogP contribution < -0.4 is 25.8 Å². The van der Waals surface area contributed by atoms with Crippen LogP contribution in [0.1, 0.15) is 68.1 Å².